The van der Waals surface area contributed by atoms with E-state index in [0.717, 1.165) is 18.5 Å². The van der Waals surface area contributed by atoms with Gasteiger partial charge in [0.2, 0.25) is 0 Å². The summed E-state index contributed by atoms with van der Waals surface area (Å²) >= 11 is 0. The molecule has 0 aliphatic heterocycles. The minimum absolute atomic E-state index is 0.613. The van der Waals surface area contributed by atoms with Gasteiger partial charge in [-0.15, -0.1) is 0 Å². The van der Waals surface area contributed by atoms with Crippen molar-refractivity contribution in [3.8, 4) is 0 Å². The first-order valence-corrected chi connectivity index (χ1v) is 7.61. The molecule has 1 atom stereocenters. The highest BCUT2D eigenvalue weighted by Gasteiger charge is 2.21. The van der Waals surface area contributed by atoms with Crippen LogP contribution < -0.4 is 5.32 Å². The van der Waals surface area contributed by atoms with Crippen LogP contribution in [0.2, 0.25) is 0 Å². The number of hydrogen-bond donors (Lipinski definition) is 1. The van der Waals surface area contributed by atoms with E-state index in [0.29, 0.717) is 6.04 Å². The summed E-state index contributed by atoms with van der Waals surface area (Å²) in [6.07, 6.45) is 7.20. The van der Waals surface area contributed by atoms with Gasteiger partial charge in [-0.1, -0.05) is 47.0 Å². The third kappa shape index (κ3) is 5.87. The van der Waals surface area contributed by atoms with Gasteiger partial charge in [0.05, 0.1) is 0 Å². The molecule has 1 saturated carbocycles. The van der Waals surface area contributed by atoms with Crippen molar-refractivity contribution in [2.75, 3.05) is 19.6 Å². The summed E-state index contributed by atoms with van der Waals surface area (Å²) in [4.78, 5) is 2.71. The Hall–Kier alpha value is -0.0800. The van der Waals surface area contributed by atoms with Crippen LogP contribution in [0.4, 0.5) is 0 Å². The Labute approximate surface area is 108 Å². The van der Waals surface area contributed by atoms with Crippen LogP contribution in [0.1, 0.15) is 59.8 Å². The fraction of sp³-hybridized carbons (Fsp3) is 1.00. The van der Waals surface area contributed by atoms with Crippen molar-refractivity contribution < 1.29 is 0 Å². The summed E-state index contributed by atoms with van der Waals surface area (Å²) in [7, 11) is 0. The Balaban J connectivity index is 2.29. The van der Waals surface area contributed by atoms with Gasteiger partial charge in [0.1, 0.15) is 0 Å². The average Bonchev–Trinajstić information content (AvgIpc) is 2.34. The van der Waals surface area contributed by atoms with Gasteiger partial charge in [0.15, 0.2) is 0 Å². The Bertz CT molecular complexity index is 185. The van der Waals surface area contributed by atoms with Crippen LogP contribution in [0.5, 0.6) is 0 Å². The van der Waals surface area contributed by atoms with Crippen LogP contribution in [-0.2, 0) is 0 Å². The molecule has 1 aliphatic carbocycles. The lowest BCUT2D eigenvalue weighted by molar-refractivity contribution is 0.142. The molecule has 1 unspecified atom stereocenters. The zero-order valence-corrected chi connectivity index (χ0v) is 12.3. The van der Waals surface area contributed by atoms with Gasteiger partial charge in [0.25, 0.3) is 0 Å². The number of nitrogens with one attached hydrogen (secondary N) is 1. The third-order valence-corrected chi connectivity index (χ3v) is 3.92. The summed E-state index contributed by atoms with van der Waals surface area (Å²) in [6, 6.07) is 1.48. The predicted octanol–water partition coefficient (Wildman–Crippen LogP) is 3.28. The second-order valence-corrected chi connectivity index (χ2v) is 6.05. The molecule has 1 fully saturated rings. The second-order valence-electron chi connectivity index (χ2n) is 6.05. The van der Waals surface area contributed by atoms with E-state index in [1.165, 1.54) is 45.2 Å². The summed E-state index contributed by atoms with van der Waals surface area (Å²) in [5.41, 5.74) is 0. The maximum atomic E-state index is 3.55. The summed E-state index contributed by atoms with van der Waals surface area (Å²) in [5, 5.41) is 3.55. The van der Waals surface area contributed by atoms with E-state index in [2.05, 4.69) is 37.9 Å². The van der Waals surface area contributed by atoms with Gasteiger partial charge in [-0.25, -0.2) is 0 Å². The Morgan fingerprint density at radius 3 is 2.29 bits per heavy atom. The predicted molar refractivity (Wildman–Crippen MR) is 76.4 cm³/mol. The van der Waals surface area contributed by atoms with Gasteiger partial charge in [-0.05, 0) is 31.8 Å². The minimum Gasteiger partial charge on any atom is -0.314 e. The summed E-state index contributed by atoms with van der Waals surface area (Å²) in [6.45, 7) is 12.8. The maximum absolute atomic E-state index is 3.55. The van der Waals surface area contributed by atoms with E-state index >= 15 is 0 Å². The number of rotatable bonds is 7. The molecule has 17 heavy (non-hydrogen) atoms. The third-order valence-electron chi connectivity index (χ3n) is 3.92. The molecule has 1 N–H and O–H groups in total. The average molecular weight is 240 g/mol. The number of hydrogen-bond acceptors (Lipinski definition) is 2. The SMILES string of the molecule is CCN(CC(C)CNC(C)C)C1CCCCC1. The molecule has 0 amide bonds. The van der Waals surface area contributed by atoms with E-state index in [-0.39, 0.29) is 0 Å². The molecule has 0 heterocycles. The standard InChI is InChI=1S/C15H32N2/c1-5-17(15-9-7-6-8-10-15)12-14(4)11-16-13(2)3/h13-16H,5-12H2,1-4H3. The van der Waals surface area contributed by atoms with Gasteiger partial charge in [-0.3, -0.25) is 0 Å². The van der Waals surface area contributed by atoms with Crippen LogP contribution in [0.3, 0.4) is 0 Å². The van der Waals surface area contributed by atoms with Crippen LogP contribution in [0, 0.1) is 5.92 Å². The molecule has 0 aromatic carbocycles. The molecule has 0 saturated heterocycles. The topological polar surface area (TPSA) is 15.3 Å². The Kier molecular flexibility index (Phi) is 7.14. The molecule has 1 aliphatic rings. The molecular formula is C15H32N2. The highest BCUT2D eigenvalue weighted by Crippen LogP contribution is 2.23. The molecule has 0 bridgehead atoms. The quantitative estimate of drug-likeness (QED) is 0.735. The highest BCUT2D eigenvalue weighted by atomic mass is 15.2. The molecule has 102 valence electrons. The first-order chi connectivity index (χ1) is 8.13. The van der Waals surface area contributed by atoms with Crippen molar-refractivity contribution in [2.45, 2.75) is 71.9 Å². The van der Waals surface area contributed by atoms with E-state index < -0.39 is 0 Å². The number of nitrogens with zero attached hydrogens (tertiary/aromatic N) is 1. The summed E-state index contributed by atoms with van der Waals surface area (Å²) < 4.78 is 0. The molecule has 2 nitrogen and oxygen atoms in total. The molecular weight excluding hydrogens is 208 g/mol. The normalized spacial score (nSPS) is 20.1. The monoisotopic (exact) mass is 240 g/mol. The van der Waals surface area contributed by atoms with Crippen molar-refractivity contribution in [1.82, 2.24) is 10.2 Å². The second kappa shape index (κ2) is 8.10. The van der Waals surface area contributed by atoms with Crippen LogP contribution in [0.25, 0.3) is 0 Å². The molecule has 0 spiro atoms. The van der Waals surface area contributed by atoms with Crippen molar-refractivity contribution in [1.29, 1.82) is 0 Å². The first-order valence-electron chi connectivity index (χ1n) is 7.61. The highest BCUT2D eigenvalue weighted by molar-refractivity contribution is 4.77. The Morgan fingerprint density at radius 2 is 1.76 bits per heavy atom. The van der Waals surface area contributed by atoms with Crippen LogP contribution in [-0.4, -0.2) is 36.6 Å². The van der Waals surface area contributed by atoms with Crippen molar-refractivity contribution in [2.24, 2.45) is 5.92 Å². The lowest BCUT2D eigenvalue weighted by Gasteiger charge is -2.35. The van der Waals surface area contributed by atoms with E-state index in [9.17, 15) is 0 Å². The van der Waals surface area contributed by atoms with Gasteiger partial charge in [-0.2, -0.15) is 0 Å². The molecule has 1 rings (SSSR count). The molecule has 2 heteroatoms. The van der Waals surface area contributed by atoms with Crippen molar-refractivity contribution >= 4 is 0 Å². The van der Waals surface area contributed by atoms with Crippen molar-refractivity contribution in [3.05, 3.63) is 0 Å². The lowest BCUT2D eigenvalue weighted by Crippen LogP contribution is -2.42. The summed E-state index contributed by atoms with van der Waals surface area (Å²) in [5.74, 6) is 0.763. The molecule has 0 aromatic heterocycles. The lowest BCUT2D eigenvalue weighted by atomic mass is 9.93. The smallest absolute Gasteiger partial charge is 0.00952 e. The van der Waals surface area contributed by atoms with Crippen LogP contribution >= 0.6 is 0 Å². The zero-order chi connectivity index (χ0) is 12.7. The fourth-order valence-electron chi connectivity index (χ4n) is 2.88. The zero-order valence-electron chi connectivity index (χ0n) is 12.3. The molecule has 0 radical (unpaired) electrons. The van der Waals surface area contributed by atoms with E-state index in [1.807, 2.05) is 0 Å². The van der Waals surface area contributed by atoms with Gasteiger partial charge < -0.3 is 10.2 Å². The van der Waals surface area contributed by atoms with Gasteiger partial charge >= 0.3 is 0 Å². The van der Waals surface area contributed by atoms with Crippen LogP contribution in [0.15, 0.2) is 0 Å². The Morgan fingerprint density at radius 1 is 1.12 bits per heavy atom. The van der Waals surface area contributed by atoms with E-state index in [1.54, 1.807) is 0 Å². The largest absolute Gasteiger partial charge is 0.314 e. The fourth-order valence-corrected chi connectivity index (χ4v) is 2.88. The van der Waals surface area contributed by atoms with E-state index in [4.69, 9.17) is 0 Å². The minimum atomic E-state index is 0.613. The first kappa shape index (κ1) is 15.0. The van der Waals surface area contributed by atoms with Crippen molar-refractivity contribution in [3.63, 3.8) is 0 Å². The molecule has 0 aromatic rings. The van der Waals surface area contributed by atoms with Gasteiger partial charge in [0, 0.05) is 18.6 Å². The maximum Gasteiger partial charge on any atom is 0.00952 e.